The molecule has 4 nitrogen and oxygen atoms in total. The molecule has 0 saturated heterocycles. The lowest BCUT2D eigenvalue weighted by Gasteiger charge is -2.59. The van der Waals surface area contributed by atoms with Crippen molar-refractivity contribution >= 4 is 5.78 Å². The van der Waals surface area contributed by atoms with E-state index in [1.807, 2.05) is 0 Å². The van der Waals surface area contributed by atoms with Crippen molar-refractivity contribution in [2.75, 3.05) is 0 Å². The summed E-state index contributed by atoms with van der Waals surface area (Å²) < 4.78 is 0. The molecule has 0 bridgehead atoms. The second-order valence-corrected chi connectivity index (χ2v) is 10.0. The molecule has 142 valence electrons. The van der Waals surface area contributed by atoms with E-state index < -0.39 is 5.97 Å². The largest absolute Gasteiger partial charge is 0.344 e. The Hall–Kier alpha value is -0.450. The molecule has 0 radical (unpaired) electrons. The Balaban J connectivity index is 1.60. The van der Waals surface area contributed by atoms with Crippen LogP contribution in [0.15, 0.2) is 0 Å². The van der Waals surface area contributed by atoms with Gasteiger partial charge in [-0.1, -0.05) is 13.8 Å². The number of hydrogen-bond acceptors (Lipinski definition) is 4. The number of hydrogen-bond donors (Lipinski definition) is 3. The summed E-state index contributed by atoms with van der Waals surface area (Å²) in [5.41, 5.74) is -0.0448. The number of rotatable bonds is 2. The molecule has 4 fully saturated rings. The summed E-state index contributed by atoms with van der Waals surface area (Å²) in [7, 11) is 0. The minimum absolute atomic E-state index is 0.0518. The van der Waals surface area contributed by atoms with Crippen molar-refractivity contribution in [1.82, 2.24) is 0 Å². The number of aliphatic hydroxyl groups is 3. The number of carbonyl (C=O) groups excluding carboxylic acids is 1. The Kier molecular flexibility index (Phi) is 4.14. The van der Waals surface area contributed by atoms with Crippen LogP contribution in [0.4, 0.5) is 0 Å². The van der Waals surface area contributed by atoms with Crippen molar-refractivity contribution in [3.63, 3.8) is 0 Å². The summed E-state index contributed by atoms with van der Waals surface area (Å²) in [6.45, 7) is 4.57. The van der Waals surface area contributed by atoms with Crippen LogP contribution in [0.2, 0.25) is 0 Å². The highest BCUT2D eigenvalue weighted by molar-refractivity contribution is 5.86. The highest BCUT2D eigenvalue weighted by Crippen LogP contribution is 2.67. The molecule has 25 heavy (non-hydrogen) atoms. The summed E-state index contributed by atoms with van der Waals surface area (Å²) in [5, 5.41) is 28.5. The van der Waals surface area contributed by atoms with Gasteiger partial charge in [0.05, 0.1) is 0 Å². The van der Waals surface area contributed by atoms with Gasteiger partial charge in [0.15, 0.2) is 0 Å². The van der Waals surface area contributed by atoms with Gasteiger partial charge < -0.3 is 15.3 Å². The molecule has 1 unspecified atom stereocenters. The maximum atomic E-state index is 12.9. The molecule has 0 heterocycles. The smallest absolute Gasteiger partial charge is 0.275 e. The molecule has 0 aliphatic heterocycles. The van der Waals surface area contributed by atoms with Crippen LogP contribution in [0.5, 0.6) is 0 Å². The maximum Gasteiger partial charge on any atom is 0.275 e. The first-order valence-electron chi connectivity index (χ1n) is 10.4. The highest BCUT2D eigenvalue weighted by atomic mass is 16.7. The third kappa shape index (κ3) is 2.62. The Morgan fingerprint density at radius 1 is 1.00 bits per heavy atom. The Morgan fingerprint density at radius 3 is 2.48 bits per heavy atom. The van der Waals surface area contributed by atoms with E-state index in [0.29, 0.717) is 29.5 Å². The fraction of sp³-hybridized carbons (Fsp3) is 0.952. The van der Waals surface area contributed by atoms with Gasteiger partial charge in [-0.15, -0.1) is 0 Å². The quantitative estimate of drug-likeness (QED) is 0.668. The average Bonchev–Trinajstić information content (AvgIpc) is 2.84. The van der Waals surface area contributed by atoms with E-state index in [4.69, 9.17) is 0 Å². The number of ketones is 1. The number of Topliss-reactive ketones (excluding diaryl/α,β-unsaturated/α-hetero) is 1. The summed E-state index contributed by atoms with van der Waals surface area (Å²) >= 11 is 0. The van der Waals surface area contributed by atoms with Gasteiger partial charge in [0.25, 0.3) is 5.97 Å². The minimum atomic E-state index is -2.55. The molecule has 3 N–H and O–H groups in total. The predicted molar refractivity (Wildman–Crippen MR) is 94.2 cm³/mol. The van der Waals surface area contributed by atoms with Gasteiger partial charge in [-0.2, -0.15) is 0 Å². The first-order valence-corrected chi connectivity index (χ1v) is 10.4. The summed E-state index contributed by atoms with van der Waals surface area (Å²) in [4.78, 5) is 12.9. The van der Waals surface area contributed by atoms with Crippen LogP contribution >= 0.6 is 0 Å². The molecule has 0 amide bonds. The molecule has 4 saturated carbocycles. The fourth-order valence-corrected chi connectivity index (χ4v) is 7.86. The van der Waals surface area contributed by atoms with Crippen molar-refractivity contribution < 1.29 is 20.1 Å². The third-order valence-electron chi connectivity index (χ3n) is 9.18. The molecule has 4 heteroatoms. The highest BCUT2D eigenvalue weighted by Gasteiger charge is 2.62. The van der Waals surface area contributed by atoms with E-state index in [9.17, 15) is 20.1 Å². The second-order valence-electron chi connectivity index (χ2n) is 10.0. The first-order chi connectivity index (χ1) is 11.7. The van der Waals surface area contributed by atoms with Crippen molar-refractivity contribution in [2.45, 2.75) is 84.0 Å². The van der Waals surface area contributed by atoms with Gasteiger partial charge in [0.1, 0.15) is 5.78 Å². The van der Waals surface area contributed by atoms with Gasteiger partial charge in [-0.05, 0) is 86.4 Å². The van der Waals surface area contributed by atoms with Crippen molar-refractivity contribution in [3.8, 4) is 0 Å². The summed E-state index contributed by atoms with van der Waals surface area (Å²) in [6.07, 6.45) is 9.73. The van der Waals surface area contributed by atoms with Gasteiger partial charge in [-0.25, -0.2) is 0 Å². The molecule has 4 rings (SSSR count). The molecule has 7 atom stereocenters. The zero-order valence-corrected chi connectivity index (χ0v) is 15.7. The summed E-state index contributed by atoms with van der Waals surface area (Å²) in [6, 6.07) is 0. The Morgan fingerprint density at radius 2 is 1.76 bits per heavy atom. The third-order valence-corrected chi connectivity index (χ3v) is 9.18. The van der Waals surface area contributed by atoms with Crippen molar-refractivity contribution in [1.29, 1.82) is 0 Å². The normalized spacial score (nSPS) is 50.1. The van der Waals surface area contributed by atoms with E-state index in [-0.39, 0.29) is 23.2 Å². The van der Waals surface area contributed by atoms with E-state index in [1.165, 1.54) is 19.3 Å². The lowest BCUT2D eigenvalue weighted by Crippen LogP contribution is -2.56. The molecule has 0 aromatic rings. The zero-order chi connectivity index (χ0) is 18.0. The minimum Gasteiger partial charge on any atom is -0.344 e. The van der Waals surface area contributed by atoms with Crippen LogP contribution in [0.1, 0.15) is 78.1 Å². The molecule has 0 spiro atoms. The molecular weight excluding hydrogens is 316 g/mol. The SMILES string of the molecule is C[C@]12CC[C@H]3[C@@H](CCC4CCCC(=O)[C@@]43C)[C@@H]1CC[C@@H]2CC(O)(O)O. The lowest BCUT2D eigenvalue weighted by molar-refractivity contribution is -0.323. The zero-order valence-electron chi connectivity index (χ0n) is 15.7. The Labute approximate surface area is 151 Å². The molecule has 4 aliphatic rings. The molecule has 0 aromatic heterocycles. The monoisotopic (exact) mass is 350 g/mol. The van der Waals surface area contributed by atoms with E-state index in [0.717, 1.165) is 38.5 Å². The van der Waals surface area contributed by atoms with Gasteiger partial charge in [0, 0.05) is 18.3 Å². The first kappa shape index (κ1) is 17.9. The maximum absolute atomic E-state index is 12.9. The molecule has 0 aromatic carbocycles. The van der Waals surface area contributed by atoms with E-state index >= 15 is 0 Å². The summed E-state index contributed by atoms with van der Waals surface area (Å²) in [5.74, 6) is 0.364. The molecule has 4 aliphatic carbocycles. The average molecular weight is 350 g/mol. The molecular formula is C21H34O4. The number of fused-ring (bicyclic) bond motifs is 5. The van der Waals surface area contributed by atoms with Crippen LogP contribution < -0.4 is 0 Å². The predicted octanol–water partition coefficient (Wildman–Crippen LogP) is 3.24. The number of carbonyl (C=O) groups is 1. The van der Waals surface area contributed by atoms with Gasteiger partial charge >= 0.3 is 0 Å². The fourth-order valence-electron chi connectivity index (χ4n) is 7.86. The van der Waals surface area contributed by atoms with E-state index in [2.05, 4.69) is 13.8 Å². The van der Waals surface area contributed by atoms with Gasteiger partial charge in [-0.3, -0.25) is 4.79 Å². The van der Waals surface area contributed by atoms with Crippen LogP contribution in [0, 0.1) is 40.4 Å². The Bertz CT molecular complexity index is 553. The van der Waals surface area contributed by atoms with Crippen LogP contribution in [0.3, 0.4) is 0 Å². The van der Waals surface area contributed by atoms with Crippen molar-refractivity contribution in [3.05, 3.63) is 0 Å². The van der Waals surface area contributed by atoms with Crippen LogP contribution in [0.25, 0.3) is 0 Å². The van der Waals surface area contributed by atoms with Crippen molar-refractivity contribution in [2.24, 2.45) is 40.4 Å². The second kappa shape index (κ2) is 5.77. The standard InChI is InChI=1S/C21H34O4/c1-19-11-10-17-15(16(19)9-7-14(19)12-21(23,24)25)8-6-13-4-3-5-18(22)20(13,17)2/h13-17,23-25H,3-12H2,1-2H3/t13?,14-,15+,16+,17+,19-,20+/m1/s1. The van der Waals surface area contributed by atoms with Crippen LogP contribution in [-0.4, -0.2) is 27.1 Å². The van der Waals surface area contributed by atoms with E-state index in [1.54, 1.807) is 0 Å². The topological polar surface area (TPSA) is 77.8 Å². The lowest BCUT2D eigenvalue weighted by atomic mass is 9.44. The van der Waals surface area contributed by atoms with Gasteiger partial charge in [0.2, 0.25) is 0 Å². The van der Waals surface area contributed by atoms with Crippen LogP contribution in [-0.2, 0) is 4.79 Å².